The van der Waals surface area contributed by atoms with Crippen LogP contribution in [0.3, 0.4) is 0 Å². The molecular formula is C14H20N2O2. The predicted octanol–water partition coefficient (Wildman–Crippen LogP) is 2.04. The molecular weight excluding hydrogens is 228 g/mol. The Morgan fingerprint density at radius 1 is 1.39 bits per heavy atom. The number of aliphatic carboxylic acids is 1. The van der Waals surface area contributed by atoms with Gasteiger partial charge >= 0.3 is 5.97 Å². The molecule has 0 spiro atoms. The average molecular weight is 248 g/mol. The number of nitrogens with one attached hydrogen (secondary N) is 1. The Morgan fingerprint density at radius 3 is 2.89 bits per heavy atom. The van der Waals surface area contributed by atoms with Crippen molar-refractivity contribution in [3.05, 3.63) is 30.3 Å². The normalized spacial score (nSPS) is 20.6. The van der Waals surface area contributed by atoms with Gasteiger partial charge in [-0.05, 0) is 31.5 Å². The zero-order chi connectivity index (χ0) is 12.8. The standard InChI is InChI=1S/C14H20N2O2/c17-14(18)8-10-16-9-4-7-13(11-16)15-12-5-2-1-3-6-12/h1-3,5-6,13,15H,4,7-11H2,(H,17,18). The molecule has 1 aliphatic rings. The Hall–Kier alpha value is -1.55. The van der Waals surface area contributed by atoms with Crippen LogP contribution in [0.15, 0.2) is 30.3 Å². The summed E-state index contributed by atoms with van der Waals surface area (Å²) in [6, 6.07) is 10.6. The second kappa shape index (κ2) is 6.40. The number of carbonyl (C=O) groups is 1. The highest BCUT2D eigenvalue weighted by Gasteiger charge is 2.19. The lowest BCUT2D eigenvalue weighted by Crippen LogP contribution is -2.42. The SMILES string of the molecule is O=C(O)CCN1CCCC(Nc2ccccc2)C1. The first-order valence-electron chi connectivity index (χ1n) is 6.50. The predicted molar refractivity (Wildman–Crippen MR) is 71.8 cm³/mol. The van der Waals surface area contributed by atoms with E-state index in [4.69, 9.17) is 5.11 Å². The third kappa shape index (κ3) is 4.04. The molecule has 0 radical (unpaired) electrons. The van der Waals surface area contributed by atoms with Crippen molar-refractivity contribution < 1.29 is 9.90 Å². The van der Waals surface area contributed by atoms with Gasteiger partial charge < -0.3 is 15.3 Å². The molecule has 0 saturated carbocycles. The lowest BCUT2D eigenvalue weighted by molar-refractivity contribution is -0.137. The average Bonchev–Trinajstić information content (AvgIpc) is 2.38. The molecule has 1 aliphatic heterocycles. The van der Waals surface area contributed by atoms with E-state index in [1.165, 1.54) is 0 Å². The van der Waals surface area contributed by atoms with Crippen molar-refractivity contribution in [2.45, 2.75) is 25.3 Å². The minimum atomic E-state index is -0.715. The fourth-order valence-corrected chi connectivity index (χ4v) is 2.40. The highest BCUT2D eigenvalue weighted by Crippen LogP contribution is 2.15. The van der Waals surface area contributed by atoms with Gasteiger partial charge in [0.05, 0.1) is 6.42 Å². The molecule has 1 aromatic rings. The van der Waals surface area contributed by atoms with Crippen LogP contribution in [-0.2, 0) is 4.79 Å². The summed E-state index contributed by atoms with van der Waals surface area (Å²) >= 11 is 0. The van der Waals surface area contributed by atoms with E-state index in [0.29, 0.717) is 12.6 Å². The number of hydrogen-bond donors (Lipinski definition) is 2. The second-order valence-electron chi connectivity index (χ2n) is 4.79. The van der Waals surface area contributed by atoms with Crippen LogP contribution in [0.2, 0.25) is 0 Å². The molecule has 2 rings (SSSR count). The van der Waals surface area contributed by atoms with Crippen molar-refractivity contribution in [2.75, 3.05) is 25.0 Å². The van der Waals surface area contributed by atoms with Gasteiger partial charge in [-0.25, -0.2) is 0 Å². The summed E-state index contributed by atoms with van der Waals surface area (Å²) in [5.41, 5.74) is 1.14. The zero-order valence-corrected chi connectivity index (χ0v) is 10.5. The molecule has 98 valence electrons. The Morgan fingerprint density at radius 2 is 2.17 bits per heavy atom. The van der Waals surface area contributed by atoms with E-state index in [2.05, 4.69) is 22.3 Å². The molecule has 18 heavy (non-hydrogen) atoms. The summed E-state index contributed by atoms with van der Waals surface area (Å²) in [6.07, 6.45) is 2.51. The van der Waals surface area contributed by atoms with E-state index in [1.807, 2.05) is 18.2 Å². The summed E-state index contributed by atoms with van der Waals surface area (Å²) in [7, 11) is 0. The van der Waals surface area contributed by atoms with Crippen molar-refractivity contribution in [3.8, 4) is 0 Å². The smallest absolute Gasteiger partial charge is 0.304 e. The molecule has 2 N–H and O–H groups in total. The Bertz CT molecular complexity index is 381. The fourth-order valence-electron chi connectivity index (χ4n) is 2.40. The van der Waals surface area contributed by atoms with Crippen molar-refractivity contribution in [1.29, 1.82) is 0 Å². The number of hydrogen-bond acceptors (Lipinski definition) is 3. The minimum absolute atomic E-state index is 0.234. The van der Waals surface area contributed by atoms with Gasteiger partial charge in [-0.15, -0.1) is 0 Å². The van der Waals surface area contributed by atoms with Gasteiger partial charge in [0.25, 0.3) is 0 Å². The molecule has 1 heterocycles. The van der Waals surface area contributed by atoms with Crippen molar-refractivity contribution >= 4 is 11.7 Å². The number of carboxylic acids is 1. The zero-order valence-electron chi connectivity index (χ0n) is 10.5. The molecule has 1 unspecified atom stereocenters. The highest BCUT2D eigenvalue weighted by molar-refractivity contribution is 5.66. The quantitative estimate of drug-likeness (QED) is 0.837. The van der Waals surface area contributed by atoms with Gasteiger partial charge in [0, 0.05) is 24.8 Å². The lowest BCUT2D eigenvalue weighted by Gasteiger charge is -2.33. The molecule has 0 bridgehead atoms. The molecule has 1 saturated heterocycles. The van der Waals surface area contributed by atoms with E-state index in [-0.39, 0.29) is 6.42 Å². The van der Waals surface area contributed by atoms with Crippen LogP contribution in [0.25, 0.3) is 0 Å². The largest absolute Gasteiger partial charge is 0.481 e. The number of anilines is 1. The molecule has 4 heteroatoms. The highest BCUT2D eigenvalue weighted by atomic mass is 16.4. The van der Waals surface area contributed by atoms with Crippen LogP contribution in [0.4, 0.5) is 5.69 Å². The maximum Gasteiger partial charge on any atom is 0.304 e. The molecule has 4 nitrogen and oxygen atoms in total. The molecule has 1 aromatic carbocycles. The number of benzene rings is 1. The van der Waals surface area contributed by atoms with Gasteiger partial charge in [-0.2, -0.15) is 0 Å². The van der Waals surface area contributed by atoms with Gasteiger partial charge in [-0.3, -0.25) is 4.79 Å². The van der Waals surface area contributed by atoms with Gasteiger partial charge in [-0.1, -0.05) is 18.2 Å². The minimum Gasteiger partial charge on any atom is -0.481 e. The number of rotatable bonds is 5. The maximum atomic E-state index is 10.6. The van der Waals surface area contributed by atoms with Crippen LogP contribution >= 0.6 is 0 Å². The molecule has 0 aromatic heterocycles. The second-order valence-corrected chi connectivity index (χ2v) is 4.79. The molecule has 0 amide bonds. The van der Waals surface area contributed by atoms with Gasteiger partial charge in [0.1, 0.15) is 0 Å². The Labute approximate surface area is 108 Å². The van der Waals surface area contributed by atoms with E-state index in [1.54, 1.807) is 0 Å². The fraction of sp³-hybridized carbons (Fsp3) is 0.500. The molecule has 0 aliphatic carbocycles. The van der Waals surface area contributed by atoms with Crippen LogP contribution in [0.5, 0.6) is 0 Å². The van der Waals surface area contributed by atoms with E-state index >= 15 is 0 Å². The van der Waals surface area contributed by atoms with Gasteiger partial charge in [0.2, 0.25) is 0 Å². The van der Waals surface area contributed by atoms with Gasteiger partial charge in [0.15, 0.2) is 0 Å². The summed E-state index contributed by atoms with van der Waals surface area (Å²) in [4.78, 5) is 12.8. The van der Waals surface area contributed by atoms with Crippen LogP contribution in [-0.4, -0.2) is 41.7 Å². The summed E-state index contributed by atoms with van der Waals surface area (Å²) in [6.45, 7) is 2.60. The third-order valence-corrected chi connectivity index (χ3v) is 3.29. The first kappa shape index (κ1) is 12.9. The first-order valence-corrected chi connectivity index (χ1v) is 6.50. The molecule has 1 atom stereocenters. The Balaban J connectivity index is 1.81. The summed E-state index contributed by atoms with van der Waals surface area (Å²) in [5, 5.41) is 12.2. The van der Waals surface area contributed by atoms with Crippen LogP contribution in [0, 0.1) is 0 Å². The molecule has 1 fully saturated rings. The number of piperidine rings is 1. The van der Waals surface area contributed by atoms with Crippen molar-refractivity contribution in [2.24, 2.45) is 0 Å². The topological polar surface area (TPSA) is 52.6 Å². The Kier molecular flexibility index (Phi) is 4.59. The van der Waals surface area contributed by atoms with Crippen molar-refractivity contribution in [3.63, 3.8) is 0 Å². The number of likely N-dealkylation sites (tertiary alicyclic amines) is 1. The summed E-state index contributed by atoms with van der Waals surface area (Å²) < 4.78 is 0. The first-order chi connectivity index (χ1) is 8.74. The van der Waals surface area contributed by atoms with E-state index < -0.39 is 5.97 Å². The third-order valence-electron chi connectivity index (χ3n) is 3.29. The summed E-state index contributed by atoms with van der Waals surface area (Å²) in [5.74, 6) is -0.715. The monoisotopic (exact) mass is 248 g/mol. The van der Waals surface area contributed by atoms with E-state index in [9.17, 15) is 4.79 Å². The lowest BCUT2D eigenvalue weighted by atomic mass is 10.1. The number of nitrogens with zero attached hydrogens (tertiary/aromatic N) is 1. The van der Waals surface area contributed by atoms with Crippen LogP contribution in [0.1, 0.15) is 19.3 Å². The van der Waals surface area contributed by atoms with Crippen molar-refractivity contribution in [1.82, 2.24) is 4.90 Å². The van der Waals surface area contributed by atoms with E-state index in [0.717, 1.165) is 31.6 Å². The van der Waals surface area contributed by atoms with Crippen LogP contribution < -0.4 is 5.32 Å². The number of carboxylic acid groups (broad SMARTS) is 1. The maximum absolute atomic E-state index is 10.6. The number of para-hydroxylation sites is 1.